The van der Waals surface area contributed by atoms with E-state index in [1.54, 1.807) is 118 Å². The van der Waals surface area contributed by atoms with Crippen molar-refractivity contribution in [2.75, 3.05) is 63.9 Å². The van der Waals surface area contributed by atoms with Crippen molar-refractivity contribution in [1.82, 2.24) is 39.9 Å². The van der Waals surface area contributed by atoms with Crippen LogP contribution in [0.3, 0.4) is 0 Å². The van der Waals surface area contributed by atoms with Crippen molar-refractivity contribution in [2.45, 2.75) is 135 Å². The molecule has 8 fully saturated rings. The Balaban J connectivity index is 0.000000118. The van der Waals surface area contributed by atoms with Gasteiger partial charge in [-0.25, -0.2) is 19.9 Å². The average Bonchev–Trinajstić information content (AvgIpc) is 1.41. The average molecular weight is 1960 g/mol. The van der Waals surface area contributed by atoms with Gasteiger partial charge in [-0.15, -0.1) is 0 Å². The lowest BCUT2D eigenvalue weighted by Gasteiger charge is -2.55. The largest absolute Gasteiger partial charge is 0.497 e. The molecule has 28 heteroatoms. The number of rotatable bonds is 23. The standard InChI is InChI=1S/C32H32N4O3.C29H28N4O3.C29H30N4O3.C27H25ClN4O2/c1-39-26-9-4-23(5-10-26)30(37)33-24-6-2-22(3-7-24)29-35-27-11-8-25(15-28(27)36-29)34-31(38)32-16-19-12-20(17-32)14-21(13-19)18-32;1-36-23-11-6-19(7-12-23)28(34)30-21-8-4-18(5-9-21)27-32-25-13-10-22(16-26(25)33-27)31-29(35)24-15-17-2-3-20(24)14-17;1-36-24-15-10-21(11-16-24)29(35)30-22-12-8-19(9-13-22)27-32-25-17-14-23(18-26(25)33-27)31-28(34)20-6-4-2-3-5-7-20;28-20-10-6-19(7-11-20)27(34)29-21-12-8-17(9-13-21)25-31-23-15-14-22(16-24(23)32-25)30-26(33)18-4-2-1-3-5-18/h2-11,15,19-21H,12-14,16-18H2,1H3,(H,33,37)(H,34,38)(H,35,36);4-13,16-17,20,24H,2-3,14-15H2,1H3,(H,30,34)(H,31,35)(H,32,33);8-18,20H,2-7H2,1H3,(H,30,35)(H,31,34)(H,32,33);6-16,18H,1-5H2,(H,29,34)(H,30,33)(H,31,32). The van der Waals surface area contributed by atoms with Crippen molar-refractivity contribution >= 4 is 148 Å². The first-order valence-corrected chi connectivity index (χ1v) is 50.6. The van der Waals surface area contributed by atoms with Gasteiger partial charge < -0.3 is 76.7 Å². The van der Waals surface area contributed by atoms with Crippen LogP contribution in [0.4, 0.5) is 45.5 Å². The van der Waals surface area contributed by atoms with Crippen molar-refractivity contribution < 1.29 is 52.6 Å². The summed E-state index contributed by atoms with van der Waals surface area (Å²) in [6.45, 7) is 0. The van der Waals surface area contributed by atoms with E-state index in [9.17, 15) is 38.4 Å². The first kappa shape index (κ1) is 96.5. The van der Waals surface area contributed by atoms with Gasteiger partial charge in [0.2, 0.25) is 23.6 Å². The molecule has 4 aromatic heterocycles. The van der Waals surface area contributed by atoms with Gasteiger partial charge in [-0.1, -0.05) is 63.0 Å². The van der Waals surface area contributed by atoms with E-state index >= 15 is 0 Å². The highest BCUT2D eigenvalue weighted by atomic mass is 35.5. The van der Waals surface area contributed by atoms with E-state index in [-0.39, 0.29) is 70.4 Å². The number of halogens is 1. The number of anilines is 8. The number of amides is 8. The second-order valence-corrected chi connectivity index (χ2v) is 39.9. The number of methoxy groups -OCH3 is 3. The Morgan fingerprint density at radius 1 is 0.290 bits per heavy atom. The number of hydrogen-bond acceptors (Lipinski definition) is 15. The third-order valence-corrected chi connectivity index (χ3v) is 29.9. The molecule has 0 aliphatic heterocycles. The summed E-state index contributed by atoms with van der Waals surface area (Å²) in [6, 6.07) is 81.0. The van der Waals surface area contributed by atoms with Gasteiger partial charge in [0.05, 0.1) is 70.9 Å². The molecule has 3 unspecified atom stereocenters. The Hall–Kier alpha value is -16.0. The summed E-state index contributed by atoms with van der Waals surface area (Å²) in [6.07, 6.45) is 23.9. The van der Waals surface area contributed by atoms with Crippen LogP contribution in [0.15, 0.2) is 267 Å². The maximum absolute atomic E-state index is 13.5. The van der Waals surface area contributed by atoms with E-state index in [4.69, 9.17) is 40.8 Å². The molecule has 8 aliphatic rings. The lowest BCUT2D eigenvalue weighted by atomic mass is 9.49. The van der Waals surface area contributed by atoms with Crippen LogP contribution in [-0.4, -0.2) is 108 Å². The number of H-pyrrole nitrogens is 4. The van der Waals surface area contributed by atoms with Gasteiger partial charge in [0.25, 0.3) is 23.6 Å². The van der Waals surface area contributed by atoms with Crippen molar-refractivity contribution in [3.05, 3.63) is 294 Å². The normalized spacial score (nSPS) is 18.6. The summed E-state index contributed by atoms with van der Waals surface area (Å²) in [7, 11) is 4.78. The smallest absolute Gasteiger partial charge is 0.255 e. The molecule has 0 radical (unpaired) electrons. The van der Waals surface area contributed by atoms with E-state index in [1.807, 2.05) is 170 Å². The molecule has 4 heterocycles. The fourth-order valence-electron chi connectivity index (χ4n) is 22.2. The Morgan fingerprint density at radius 2 is 0.572 bits per heavy atom. The number of carbonyl (C=O) groups is 8. The van der Waals surface area contributed by atoms with Crippen LogP contribution in [0.1, 0.15) is 176 Å². The van der Waals surface area contributed by atoms with Crippen molar-refractivity contribution in [2.24, 2.45) is 52.8 Å². The maximum atomic E-state index is 13.5. The molecule has 8 amide bonds. The van der Waals surface area contributed by atoms with E-state index in [1.165, 1.54) is 57.8 Å². The third kappa shape index (κ3) is 23.0. The van der Waals surface area contributed by atoms with Gasteiger partial charge in [-0.05, 0) is 380 Å². The van der Waals surface area contributed by atoms with Gasteiger partial charge in [0.1, 0.15) is 40.5 Å². The lowest BCUT2D eigenvalue weighted by Crippen LogP contribution is -2.51. The maximum Gasteiger partial charge on any atom is 0.255 e. The molecule has 12 aromatic carbocycles. The fraction of sp³-hybridized carbons (Fsp3) is 0.282. The lowest BCUT2D eigenvalue weighted by molar-refractivity contribution is -0.140. The quantitative estimate of drug-likeness (QED) is 0.0265. The summed E-state index contributed by atoms with van der Waals surface area (Å²) in [5.41, 5.74) is 18.4. The highest BCUT2D eigenvalue weighted by molar-refractivity contribution is 6.30. The minimum atomic E-state index is -0.198. The minimum absolute atomic E-state index is 0.101. The summed E-state index contributed by atoms with van der Waals surface area (Å²) in [5.74, 6) is 8.73. The number of nitrogens with one attached hydrogen (secondary N) is 12. The second kappa shape index (κ2) is 43.4. The van der Waals surface area contributed by atoms with Crippen LogP contribution in [0.25, 0.3) is 89.7 Å². The number of nitrogens with zero attached hydrogens (tertiary/aromatic N) is 4. The van der Waals surface area contributed by atoms with E-state index in [2.05, 4.69) is 67.5 Å². The summed E-state index contributed by atoms with van der Waals surface area (Å²) < 4.78 is 15.4. The molecule has 736 valence electrons. The van der Waals surface area contributed by atoms with Gasteiger partial charge in [0, 0.05) is 113 Å². The molecule has 8 aliphatic carbocycles. The Kier molecular flexibility index (Phi) is 28.9. The highest BCUT2D eigenvalue weighted by Crippen LogP contribution is 2.60. The molecule has 0 spiro atoms. The number of ether oxygens (including phenoxy) is 3. The number of hydrogen-bond donors (Lipinski definition) is 12. The topological polar surface area (TPSA) is 375 Å². The van der Waals surface area contributed by atoms with Crippen LogP contribution < -0.4 is 56.7 Å². The van der Waals surface area contributed by atoms with Crippen LogP contribution >= 0.6 is 11.6 Å². The minimum Gasteiger partial charge on any atom is -0.497 e. The zero-order valence-electron chi connectivity index (χ0n) is 81.0. The number of fused-ring (bicyclic) bond motifs is 6. The molecule has 12 N–H and O–H groups in total. The van der Waals surface area contributed by atoms with Gasteiger partial charge in [0.15, 0.2) is 0 Å². The van der Waals surface area contributed by atoms with E-state index in [0.29, 0.717) is 73.2 Å². The predicted molar refractivity (Wildman–Crippen MR) is 570 cm³/mol. The zero-order valence-corrected chi connectivity index (χ0v) is 81.8. The molecule has 0 saturated heterocycles. The number of benzene rings is 12. The highest BCUT2D eigenvalue weighted by Gasteiger charge is 2.55. The summed E-state index contributed by atoms with van der Waals surface area (Å²) >= 11 is 5.89. The van der Waals surface area contributed by atoms with Gasteiger partial charge in [-0.3, -0.25) is 38.4 Å². The molecule has 16 aromatic rings. The van der Waals surface area contributed by atoms with Crippen molar-refractivity contribution in [3.8, 4) is 62.8 Å². The second-order valence-electron chi connectivity index (χ2n) is 39.5. The van der Waals surface area contributed by atoms with Gasteiger partial charge in [-0.2, -0.15) is 0 Å². The molecule has 145 heavy (non-hydrogen) atoms. The number of carbonyl (C=O) groups excluding carboxylic acids is 8. The SMILES string of the molecule is COc1ccc(C(=O)Nc2ccc(-c3nc4ccc(NC(=O)C56CC7CC(CC(C7)C5)C6)cc4[nH]3)cc2)cc1.COc1ccc(C(=O)Nc2ccc(-c3nc4ccc(NC(=O)C5CC6CCC5C6)cc4[nH]3)cc2)cc1.COc1ccc(C(=O)Nc2ccc(-c3nc4ccc(NC(=O)C5CCCCCC5)cc4[nH]3)cc2)cc1.O=C(Nc1ccc(-c2nc3ccc(NC(=O)C4CCCCC4)cc3[nH]2)cc1)c1ccc(Cl)cc1. The molecule has 27 nitrogen and oxygen atoms in total. The molecule has 3 atom stereocenters. The first-order valence-electron chi connectivity index (χ1n) is 50.2. The first-order chi connectivity index (χ1) is 70.6. The zero-order chi connectivity index (χ0) is 99.6. The monoisotopic (exact) mass is 1950 g/mol. The Morgan fingerprint density at radius 3 is 0.862 bits per heavy atom. The molecule has 24 rings (SSSR count). The van der Waals surface area contributed by atoms with Crippen LogP contribution in [-0.2, 0) is 19.2 Å². The van der Waals surface area contributed by atoms with Crippen LogP contribution in [0, 0.1) is 52.8 Å². The van der Waals surface area contributed by atoms with Gasteiger partial charge >= 0.3 is 0 Å². The fourth-order valence-corrected chi connectivity index (χ4v) is 22.4. The molecular weight excluding hydrogens is 1840 g/mol. The Bertz CT molecular complexity index is 7380. The molecular formula is C117H115ClN16O11. The number of imidazole rings is 4. The summed E-state index contributed by atoms with van der Waals surface area (Å²) in [4.78, 5) is 134. The Labute approximate surface area is 844 Å². The summed E-state index contributed by atoms with van der Waals surface area (Å²) in [5, 5.41) is 24.7. The predicted octanol–water partition coefficient (Wildman–Crippen LogP) is 25.6. The number of aromatic amines is 4. The number of aromatic nitrogens is 8. The van der Waals surface area contributed by atoms with Crippen LogP contribution in [0.5, 0.6) is 17.2 Å². The van der Waals surface area contributed by atoms with Crippen molar-refractivity contribution in [3.63, 3.8) is 0 Å². The van der Waals surface area contributed by atoms with E-state index < -0.39 is 0 Å². The molecule has 6 bridgehead atoms. The molecule has 8 saturated carbocycles. The van der Waals surface area contributed by atoms with Crippen molar-refractivity contribution in [1.29, 1.82) is 0 Å². The van der Waals surface area contributed by atoms with Crippen LogP contribution in [0.2, 0.25) is 5.02 Å². The van der Waals surface area contributed by atoms with E-state index in [0.717, 1.165) is 213 Å². The third-order valence-electron chi connectivity index (χ3n) is 29.6.